The molecule has 4 rings (SSSR count). The Morgan fingerprint density at radius 3 is 2.65 bits per heavy atom. The molecule has 0 radical (unpaired) electrons. The Morgan fingerprint density at radius 2 is 1.97 bits per heavy atom. The fourth-order valence-corrected chi connectivity index (χ4v) is 4.13. The number of nitrogens with one attached hydrogen (secondary N) is 1. The van der Waals surface area contributed by atoms with Gasteiger partial charge in [0.25, 0.3) is 5.91 Å². The predicted octanol–water partition coefficient (Wildman–Crippen LogP) is 4.49. The molecule has 0 aliphatic carbocycles. The van der Waals surface area contributed by atoms with E-state index in [0.717, 1.165) is 11.1 Å². The Labute approximate surface area is 191 Å². The van der Waals surface area contributed by atoms with Gasteiger partial charge in [0.05, 0.1) is 0 Å². The third kappa shape index (κ3) is 4.70. The third-order valence-electron chi connectivity index (χ3n) is 5.30. The minimum atomic E-state index is -0.666. The number of allylic oxidation sites excluding steroid dienone is 1. The SMILES string of the molecule is CC(=O)C(Cc1ccccc1)N1C(=O)/C(=C\C2=CCC(c3ccc(Cl)cc3)O2)NC1=S. The Balaban J connectivity index is 1.49. The van der Waals surface area contributed by atoms with Crippen LogP contribution in [0, 0.1) is 0 Å². The van der Waals surface area contributed by atoms with E-state index in [1.165, 1.54) is 11.8 Å². The molecule has 31 heavy (non-hydrogen) atoms. The molecule has 2 aromatic rings. The van der Waals surface area contributed by atoms with Gasteiger partial charge in [0.15, 0.2) is 10.9 Å². The van der Waals surface area contributed by atoms with E-state index in [2.05, 4.69) is 5.32 Å². The van der Waals surface area contributed by atoms with Crippen LogP contribution in [0.4, 0.5) is 0 Å². The first-order valence-corrected chi connectivity index (χ1v) is 10.7. The van der Waals surface area contributed by atoms with Crippen molar-refractivity contribution in [3.8, 4) is 0 Å². The maximum absolute atomic E-state index is 13.1. The van der Waals surface area contributed by atoms with Gasteiger partial charge < -0.3 is 10.1 Å². The van der Waals surface area contributed by atoms with Crippen molar-refractivity contribution in [2.75, 3.05) is 0 Å². The lowest BCUT2D eigenvalue weighted by Gasteiger charge is -2.24. The van der Waals surface area contributed by atoms with Gasteiger partial charge in [-0.15, -0.1) is 0 Å². The second kappa shape index (κ2) is 9.04. The number of rotatable bonds is 6. The summed E-state index contributed by atoms with van der Waals surface area (Å²) in [6.45, 7) is 1.48. The molecule has 1 amide bonds. The number of ether oxygens (including phenoxy) is 1. The summed E-state index contributed by atoms with van der Waals surface area (Å²) in [5.74, 6) is 0.130. The maximum atomic E-state index is 13.1. The number of hydrogen-bond acceptors (Lipinski definition) is 4. The zero-order valence-corrected chi connectivity index (χ0v) is 18.5. The van der Waals surface area contributed by atoms with Gasteiger partial charge >= 0.3 is 0 Å². The molecule has 0 bridgehead atoms. The van der Waals surface area contributed by atoms with Crippen LogP contribution in [0.5, 0.6) is 0 Å². The van der Waals surface area contributed by atoms with Crippen molar-refractivity contribution in [1.29, 1.82) is 0 Å². The van der Waals surface area contributed by atoms with Crippen molar-refractivity contribution < 1.29 is 14.3 Å². The lowest BCUT2D eigenvalue weighted by molar-refractivity contribution is -0.130. The predicted molar refractivity (Wildman–Crippen MR) is 123 cm³/mol. The van der Waals surface area contributed by atoms with Crippen LogP contribution in [0.3, 0.4) is 0 Å². The first-order valence-electron chi connectivity index (χ1n) is 9.95. The lowest BCUT2D eigenvalue weighted by atomic mass is 10.0. The molecule has 1 saturated heterocycles. The standard InChI is InChI=1S/C24H21ClN2O3S/c1-15(28)21(13-16-5-3-2-4-6-16)27-23(29)20(26-24(27)31)14-19-11-12-22(30-19)17-7-9-18(25)10-8-17/h2-11,14,21-22H,12-13H2,1H3,(H,26,31)/b20-14+. The number of halogens is 1. The van der Waals surface area contributed by atoms with Crippen molar-refractivity contribution >= 4 is 40.6 Å². The molecule has 2 aliphatic heterocycles. The van der Waals surface area contributed by atoms with Crippen LogP contribution in [0.15, 0.2) is 78.2 Å². The van der Waals surface area contributed by atoms with E-state index < -0.39 is 6.04 Å². The van der Waals surface area contributed by atoms with Crippen LogP contribution in [0.1, 0.15) is 30.6 Å². The molecule has 7 heteroatoms. The van der Waals surface area contributed by atoms with Gasteiger partial charge in [0.2, 0.25) is 0 Å². The number of Topliss-reactive ketones (excluding diaryl/α,β-unsaturated/α-hetero) is 1. The highest BCUT2D eigenvalue weighted by Gasteiger charge is 2.38. The number of carbonyl (C=O) groups is 2. The molecule has 2 heterocycles. The minimum Gasteiger partial charge on any atom is -0.486 e. The van der Waals surface area contributed by atoms with E-state index in [-0.39, 0.29) is 22.9 Å². The average molecular weight is 453 g/mol. The van der Waals surface area contributed by atoms with Crippen LogP contribution in [0.2, 0.25) is 5.02 Å². The molecule has 0 spiro atoms. The van der Waals surface area contributed by atoms with Crippen LogP contribution >= 0.6 is 23.8 Å². The number of thiocarbonyl (C=S) groups is 1. The monoisotopic (exact) mass is 452 g/mol. The summed E-state index contributed by atoms with van der Waals surface area (Å²) in [4.78, 5) is 26.8. The molecule has 0 saturated carbocycles. The topological polar surface area (TPSA) is 58.6 Å². The zero-order chi connectivity index (χ0) is 22.0. The number of hydrogen-bond donors (Lipinski definition) is 1. The summed E-state index contributed by atoms with van der Waals surface area (Å²) in [5, 5.41) is 3.83. The zero-order valence-electron chi connectivity index (χ0n) is 16.9. The molecule has 2 unspecified atom stereocenters. The van der Waals surface area contributed by atoms with Crippen molar-refractivity contribution in [3.63, 3.8) is 0 Å². The highest BCUT2D eigenvalue weighted by atomic mass is 35.5. The summed E-state index contributed by atoms with van der Waals surface area (Å²) in [6.07, 6.45) is 4.53. The fraction of sp³-hybridized carbons (Fsp3) is 0.208. The largest absolute Gasteiger partial charge is 0.486 e. The van der Waals surface area contributed by atoms with Gasteiger partial charge in [0, 0.05) is 23.9 Å². The van der Waals surface area contributed by atoms with Gasteiger partial charge in [-0.25, -0.2) is 0 Å². The Kier molecular flexibility index (Phi) is 6.20. The summed E-state index contributed by atoms with van der Waals surface area (Å²) in [5.41, 5.74) is 2.27. The van der Waals surface area contributed by atoms with Crippen LogP contribution < -0.4 is 5.32 Å². The van der Waals surface area contributed by atoms with E-state index in [9.17, 15) is 9.59 Å². The molecule has 158 valence electrons. The van der Waals surface area contributed by atoms with Gasteiger partial charge in [-0.05, 0) is 48.5 Å². The van der Waals surface area contributed by atoms with Crippen molar-refractivity contribution in [2.45, 2.75) is 31.9 Å². The van der Waals surface area contributed by atoms with Gasteiger partial charge in [0.1, 0.15) is 23.6 Å². The summed E-state index contributed by atoms with van der Waals surface area (Å²) in [6, 6.07) is 16.4. The van der Waals surface area contributed by atoms with E-state index >= 15 is 0 Å². The number of nitrogens with zero attached hydrogens (tertiary/aromatic N) is 1. The Morgan fingerprint density at radius 1 is 1.26 bits per heavy atom. The van der Waals surface area contributed by atoms with Crippen molar-refractivity contribution in [1.82, 2.24) is 10.2 Å². The van der Waals surface area contributed by atoms with Crippen molar-refractivity contribution in [3.05, 3.63) is 94.4 Å². The highest BCUT2D eigenvalue weighted by Crippen LogP contribution is 2.33. The quantitative estimate of drug-likeness (QED) is 0.517. The second-order valence-electron chi connectivity index (χ2n) is 7.48. The number of carbonyl (C=O) groups excluding carboxylic acids is 2. The van der Waals surface area contributed by atoms with E-state index in [4.69, 9.17) is 28.6 Å². The lowest BCUT2D eigenvalue weighted by Crippen LogP contribution is -2.45. The van der Waals surface area contributed by atoms with Gasteiger partial charge in [-0.2, -0.15) is 0 Å². The molecule has 2 aromatic carbocycles. The summed E-state index contributed by atoms with van der Waals surface area (Å²) >= 11 is 11.3. The van der Waals surface area contributed by atoms with E-state index in [0.29, 0.717) is 29.3 Å². The summed E-state index contributed by atoms with van der Waals surface area (Å²) in [7, 11) is 0. The Hall–Kier alpha value is -2.96. The molecule has 5 nitrogen and oxygen atoms in total. The molecular formula is C24H21ClN2O3S. The minimum absolute atomic E-state index is 0.123. The molecule has 2 atom stereocenters. The average Bonchev–Trinajstić information content (AvgIpc) is 3.32. The van der Waals surface area contributed by atoms with Gasteiger partial charge in [-0.3, -0.25) is 14.5 Å². The van der Waals surface area contributed by atoms with E-state index in [1.54, 1.807) is 6.08 Å². The Bertz CT molecular complexity index is 1080. The van der Waals surface area contributed by atoms with Crippen LogP contribution in [-0.2, 0) is 20.7 Å². The molecular weight excluding hydrogens is 432 g/mol. The first-order chi connectivity index (χ1) is 14.9. The van der Waals surface area contributed by atoms with Crippen LogP contribution in [-0.4, -0.2) is 27.7 Å². The second-order valence-corrected chi connectivity index (χ2v) is 8.30. The van der Waals surface area contributed by atoms with Crippen LogP contribution in [0.25, 0.3) is 0 Å². The van der Waals surface area contributed by atoms with Crippen molar-refractivity contribution in [2.24, 2.45) is 0 Å². The summed E-state index contributed by atoms with van der Waals surface area (Å²) < 4.78 is 5.99. The number of ketones is 1. The molecule has 1 fully saturated rings. The fourth-order valence-electron chi connectivity index (χ4n) is 3.69. The van der Waals surface area contributed by atoms with Gasteiger partial charge in [-0.1, -0.05) is 54.1 Å². The number of benzene rings is 2. The highest BCUT2D eigenvalue weighted by molar-refractivity contribution is 7.80. The third-order valence-corrected chi connectivity index (χ3v) is 5.85. The molecule has 0 aromatic heterocycles. The number of amides is 1. The normalized spacial score (nSPS) is 20.5. The smallest absolute Gasteiger partial charge is 0.277 e. The molecule has 2 aliphatic rings. The maximum Gasteiger partial charge on any atom is 0.277 e. The first kappa shape index (κ1) is 21.3. The molecule has 1 N–H and O–H groups in total. The van der Waals surface area contributed by atoms with E-state index in [1.807, 2.05) is 60.7 Å².